The van der Waals surface area contributed by atoms with Crippen molar-refractivity contribution in [3.63, 3.8) is 0 Å². The van der Waals surface area contributed by atoms with E-state index in [0.717, 1.165) is 4.90 Å². The molecule has 0 aliphatic carbocycles. The van der Waals surface area contributed by atoms with Crippen LogP contribution >= 0.6 is 0 Å². The normalized spacial score (nSPS) is 24.9. The third kappa shape index (κ3) is 1.72. The number of amides is 2. The van der Waals surface area contributed by atoms with E-state index >= 15 is 0 Å². The van der Waals surface area contributed by atoms with E-state index in [4.69, 9.17) is 0 Å². The van der Waals surface area contributed by atoms with Gasteiger partial charge >= 0.3 is 0 Å². The topological polar surface area (TPSA) is 57.6 Å². The van der Waals surface area contributed by atoms with Crippen molar-refractivity contribution < 1.29 is 14.7 Å². The van der Waals surface area contributed by atoms with E-state index < -0.39 is 12.0 Å². The number of benzene rings is 1. The van der Waals surface area contributed by atoms with Crippen LogP contribution in [0.15, 0.2) is 30.3 Å². The van der Waals surface area contributed by atoms with Crippen LogP contribution in [0.25, 0.3) is 0 Å². The summed E-state index contributed by atoms with van der Waals surface area (Å²) in [6.07, 6.45) is -0.722. The molecule has 2 atom stereocenters. The minimum Gasteiger partial charge on any atom is -0.383 e. The maximum absolute atomic E-state index is 12.0. The smallest absolute Gasteiger partial charge is 0.260 e. The molecule has 1 aromatic rings. The summed E-state index contributed by atoms with van der Waals surface area (Å²) in [5, 5.41) is 9.39. The van der Waals surface area contributed by atoms with Gasteiger partial charge in [-0.25, -0.2) is 0 Å². The van der Waals surface area contributed by atoms with Crippen molar-refractivity contribution in [1.82, 2.24) is 4.90 Å². The standard InChI is InChI=1S/C12H13NO3/c1-8-7-10(14)12(16)13(8)11(15)9-5-3-2-4-6-9/h2-6,8,10,14H,7H2,1H3. The molecule has 4 nitrogen and oxygen atoms in total. The van der Waals surface area contributed by atoms with Gasteiger partial charge < -0.3 is 5.11 Å². The fourth-order valence-corrected chi connectivity index (χ4v) is 1.93. The second kappa shape index (κ2) is 4.06. The van der Waals surface area contributed by atoms with Crippen molar-refractivity contribution in [3.05, 3.63) is 35.9 Å². The zero-order valence-corrected chi connectivity index (χ0v) is 8.96. The molecule has 1 aromatic carbocycles. The lowest BCUT2D eigenvalue weighted by atomic mass is 10.2. The molecule has 1 aliphatic heterocycles. The van der Waals surface area contributed by atoms with Gasteiger partial charge in [0.2, 0.25) is 0 Å². The van der Waals surface area contributed by atoms with E-state index in [9.17, 15) is 14.7 Å². The van der Waals surface area contributed by atoms with Crippen LogP contribution in [0.3, 0.4) is 0 Å². The van der Waals surface area contributed by atoms with Crippen LogP contribution in [0, 0.1) is 0 Å². The summed E-state index contributed by atoms with van der Waals surface area (Å²) in [7, 11) is 0. The Kier molecular flexibility index (Phi) is 2.75. The van der Waals surface area contributed by atoms with E-state index in [1.165, 1.54) is 0 Å². The third-order valence-corrected chi connectivity index (χ3v) is 2.77. The van der Waals surface area contributed by atoms with Crippen LogP contribution in [0.5, 0.6) is 0 Å². The van der Waals surface area contributed by atoms with Gasteiger partial charge in [-0.15, -0.1) is 0 Å². The Morgan fingerprint density at radius 1 is 1.38 bits per heavy atom. The first kappa shape index (κ1) is 10.8. The highest BCUT2D eigenvalue weighted by atomic mass is 16.3. The molecular formula is C12H13NO3. The minimum atomic E-state index is -1.04. The quantitative estimate of drug-likeness (QED) is 0.711. The molecule has 0 aromatic heterocycles. The monoisotopic (exact) mass is 219 g/mol. The number of carbonyl (C=O) groups excluding carboxylic acids is 2. The lowest BCUT2D eigenvalue weighted by Gasteiger charge is -2.19. The SMILES string of the molecule is CC1CC(O)C(=O)N1C(=O)c1ccccc1. The predicted octanol–water partition coefficient (Wildman–Crippen LogP) is 0.808. The van der Waals surface area contributed by atoms with Crippen molar-refractivity contribution in [2.45, 2.75) is 25.5 Å². The van der Waals surface area contributed by atoms with Gasteiger partial charge in [-0.3, -0.25) is 14.5 Å². The number of likely N-dealkylation sites (tertiary alicyclic amines) is 1. The Labute approximate surface area is 93.5 Å². The molecule has 0 spiro atoms. The minimum absolute atomic E-state index is 0.241. The molecule has 2 unspecified atom stereocenters. The van der Waals surface area contributed by atoms with Crippen LogP contribution < -0.4 is 0 Å². The molecule has 16 heavy (non-hydrogen) atoms. The second-order valence-electron chi connectivity index (χ2n) is 3.98. The number of hydrogen-bond donors (Lipinski definition) is 1. The van der Waals surface area contributed by atoms with E-state index in [-0.39, 0.29) is 11.9 Å². The Morgan fingerprint density at radius 3 is 2.50 bits per heavy atom. The first-order valence-electron chi connectivity index (χ1n) is 5.22. The van der Waals surface area contributed by atoms with Crippen molar-refractivity contribution >= 4 is 11.8 Å². The van der Waals surface area contributed by atoms with Gasteiger partial charge in [-0.05, 0) is 19.1 Å². The molecule has 1 saturated heterocycles. The van der Waals surface area contributed by atoms with Crippen LogP contribution in [0.1, 0.15) is 23.7 Å². The predicted molar refractivity (Wildman–Crippen MR) is 57.7 cm³/mol. The Bertz CT molecular complexity index is 416. The first-order valence-corrected chi connectivity index (χ1v) is 5.22. The lowest BCUT2D eigenvalue weighted by Crippen LogP contribution is -2.38. The van der Waals surface area contributed by atoms with Gasteiger partial charge in [0.05, 0.1) is 0 Å². The Morgan fingerprint density at radius 2 is 2.00 bits per heavy atom. The van der Waals surface area contributed by atoms with Gasteiger partial charge in [0.15, 0.2) is 0 Å². The second-order valence-corrected chi connectivity index (χ2v) is 3.98. The number of imide groups is 1. The Hall–Kier alpha value is -1.68. The third-order valence-electron chi connectivity index (χ3n) is 2.77. The van der Waals surface area contributed by atoms with Gasteiger partial charge in [0.1, 0.15) is 6.10 Å². The molecule has 1 fully saturated rings. The zero-order valence-electron chi connectivity index (χ0n) is 8.96. The number of nitrogens with zero attached hydrogens (tertiary/aromatic N) is 1. The lowest BCUT2D eigenvalue weighted by molar-refractivity contribution is -0.132. The summed E-state index contributed by atoms with van der Waals surface area (Å²) < 4.78 is 0. The molecule has 2 amide bonds. The van der Waals surface area contributed by atoms with E-state index in [1.807, 2.05) is 0 Å². The van der Waals surface area contributed by atoms with Gasteiger partial charge in [0, 0.05) is 18.0 Å². The average molecular weight is 219 g/mol. The van der Waals surface area contributed by atoms with Crippen molar-refractivity contribution in [2.75, 3.05) is 0 Å². The fourth-order valence-electron chi connectivity index (χ4n) is 1.93. The molecule has 0 radical (unpaired) electrons. The summed E-state index contributed by atoms with van der Waals surface area (Å²) in [4.78, 5) is 24.7. The maximum Gasteiger partial charge on any atom is 0.260 e. The summed E-state index contributed by atoms with van der Waals surface area (Å²) in [5.41, 5.74) is 0.469. The zero-order chi connectivity index (χ0) is 11.7. The summed E-state index contributed by atoms with van der Waals surface area (Å²) >= 11 is 0. The highest BCUT2D eigenvalue weighted by Gasteiger charge is 2.39. The molecule has 1 heterocycles. The number of hydrogen-bond acceptors (Lipinski definition) is 3. The molecule has 0 bridgehead atoms. The van der Waals surface area contributed by atoms with E-state index in [0.29, 0.717) is 12.0 Å². The number of carbonyl (C=O) groups is 2. The van der Waals surface area contributed by atoms with Crippen LogP contribution in [0.4, 0.5) is 0 Å². The molecular weight excluding hydrogens is 206 g/mol. The van der Waals surface area contributed by atoms with Crippen molar-refractivity contribution in [3.8, 4) is 0 Å². The molecule has 1 N–H and O–H groups in total. The number of aliphatic hydroxyl groups is 1. The molecule has 1 aliphatic rings. The average Bonchev–Trinajstić information content (AvgIpc) is 2.54. The van der Waals surface area contributed by atoms with Crippen molar-refractivity contribution in [2.24, 2.45) is 0 Å². The highest BCUT2D eigenvalue weighted by molar-refractivity contribution is 6.07. The Balaban J connectivity index is 2.26. The van der Waals surface area contributed by atoms with E-state index in [2.05, 4.69) is 0 Å². The number of rotatable bonds is 1. The van der Waals surface area contributed by atoms with Crippen molar-refractivity contribution in [1.29, 1.82) is 0 Å². The fraction of sp³-hybridized carbons (Fsp3) is 0.333. The highest BCUT2D eigenvalue weighted by Crippen LogP contribution is 2.21. The number of aliphatic hydroxyl groups excluding tert-OH is 1. The first-order chi connectivity index (χ1) is 7.61. The molecule has 0 saturated carbocycles. The molecule has 84 valence electrons. The van der Waals surface area contributed by atoms with Crippen LogP contribution in [0.2, 0.25) is 0 Å². The largest absolute Gasteiger partial charge is 0.383 e. The molecule has 4 heteroatoms. The van der Waals surface area contributed by atoms with E-state index in [1.54, 1.807) is 37.3 Å². The summed E-state index contributed by atoms with van der Waals surface area (Å²) in [5.74, 6) is -0.837. The van der Waals surface area contributed by atoms with Gasteiger partial charge in [0.25, 0.3) is 11.8 Å². The summed E-state index contributed by atoms with van der Waals surface area (Å²) in [6.45, 7) is 1.76. The van der Waals surface area contributed by atoms with Crippen LogP contribution in [-0.2, 0) is 4.79 Å². The van der Waals surface area contributed by atoms with Gasteiger partial charge in [-0.2, -0.15) is 0 Å². The molecule has 2 rings (SSSR count). The van der Waals surface area contributed by atoms with Crippen LogP contribution in [-0.4, -0.2) is 34.0 Å². The van der Waals surface area contributed by atoms with Gasteiger partial charge in [-0.1, -0.05) is 18.2 Å². The maximum atomic E-state index is 12.0. The summed E-state index contributed by atoms with van der Waals surface area (Å²) in [6, 6.07) is 8.38.